The van der Waals surface area contributed by atoms with Crippen LogP contribution in [0.3, 0.4) is 0 Å². The Bertz CT molecular complexity index is 936. The molecular weight excluding hydrogens is 441 g/mol. The molecule has 0 saturated carbocycles. The van der Waals surface area contributed by atoms with E-state index in [-0.39, 0.29) is 0 Å². The number of para-hydroxylation sites is 1. The maximum absolute atomic E-state index is 9.48. The van der Waals surface area contributed by atoms with Crippen LogP contribution in [0, 0.1) is 14.9 Å². The molecule has 0 aliphatic carbocycles. The van der Waals surface area contributed by atoms with E-state index in [9.17, 15) is 5.26 Å². The van der Waals surface area contributed by atoms with Gasteiger partial charge in [0, 0.05) is 20.7 Å². The van der Waals surface area contributed by atoms with Crippen LogP contribution in [0.2, 0.25) is 0 Å². The van der Waals surface area contributed by atoms with Gasteiger partial charge in [-0.1, -0.05) is 43.3 Å². The van der Waals surface area contributed by atoms with E-state index in [4.69, 9.17) is 0 Å². The number of hydrogen-bond acceptors (Lipinski definition) is 4. The van der Waals surface area contributed by atoms with Crippen molar-refractivity contribution in [3.8, 4) is 17.3 Å². The third kappa shape index (κ3) is 4.27. The summed E-state index contributed by atoms with van der Waals surface area (Å²) in [6.07, 6.45) is 2.74. The zero-order valence-corrected chi connectivity index (χ0v) is 16.6. The average molecular weight is 457 g/mol. The van der Waals surface area contributed by atoms with Crippen LogP contribution in [0.1, 0.15) is 17.5 Å². The summed E-state index contributed by atoms with van der Waals surface area (Å²) in [5, 5.41) is 15.4. The molecule has 0 fully saturated rings. The number of anilines is 1. The third-order valence-corrected chi connectivity index (χ3v) is 5.58. The highest BCUT2D eigenvalue weighted by atomic mass is 127. The van der Waals surface area contributed by atoms with E-state index in [0.717, 1.165) is 31.9 Å². The SMILES string of the molecule is CCc1ccc(-c2csc(C(C#N)=CNc3ccccc3I)n2)cc1. The normalized spacial score (nSPS) is 11.2. The molecule has 0 amide bonds. The highest BCUT2D eigenvalue weighted by Crippen LogP contribution is 2.27. The molecule has 0 bridgehead atoms. The number of nitriles is 1. The van der Waals surface area contributed by atoms with Crippen LogP contribution in [0.5, 0.6) is 0 Å². The smallest absolute Gasteiger partial charge is 0.136 e. The fourth-order valence-corrected chi connectivity index (χ4v) is 3.65. The summed E-state index contributed by atoms with van der Waals surface area (Å²) in [4.78, 5) is 4.63. The Morgan fingerprint density at radius 3 is 2.68 bits per heavy atom. The standard InChI is InChI=1S/C20H16IN3S/c1-2-14-7-9-15(10-8-14)19-13-25-20(24-19)16(11-22)12-23-18-6-4-3-5-17(18)21/h3-10,12-13,23H,2H2,1H3. The molecule has 3 rings (SSSR count). The molecule has 0 radical (unpaired) electrons. The van der Waals surface area contributed by atoms with Crippen molar-refractivity contribution in [2.24, 2.45) is 0 Å². The summed E-state index contributed by atoms with van der Waals surface area (Å²) in [5.74, 6) is 0. The molecule has 25 heavy (non-hydrogen) atoms. The minimum absolute atomic E-state index is 0.529. The van der Waals surface area contributed by atoms with E-state index in [2.05, 4.69) is 70.2 Å². The van der Waals surface area contributed by atoms with Crippen molar-refractivity contribution in [3.05, 3.63) is 74.3 Å². The Labute approximate surface area is 165 Å². The van der Waals surface area contributed by atoms with Gasteiger partial charge in [0.15, 0.2) is 0 Å². The zero-order valence-electron chi connectivity index (χ0n) is 13.7. The number of hydrogen-bond donors (Lipinski definition) is 1. The van der Waals surface area contributed by atoms with Crippen molar-refractivity contribution >= 4 is 45.2 Å². The van der Waals surface area contributed by atoms with Gasteiger partial charge < -0.3 is 5.32 Å². The first-order valence-corrected chi connectivity index (χ1v) is 9.83. The first-order chi connectivity index (χ1) is 12.2. The second-order valence-electron chi connectivity index (χ2n) is 5.38. The Balaban J connectivity index is 1.82. The van der Waals surface area contributed by atoms with Gasteiger partial charge in [0.25, 0.3) is 0 Å². The van der Waals surface area contributed by atoms with E-state index >= 15 is 0 Å². The summed E-state index contributed by atoms with van der Waals surface area (Å²) in [6, 6.07) is 18.6. The van der Waals surface area contributed by atoms with Crippen LogP contribution in [0.4, 0.5) is 5.69 Å². The molecule has 1 heterocycles. The summed E-state index contributed by atoms with van der Waals surface area (Å²) in [6.45, 7) is 2.14. The molecule has 124 valence electrons. The first-order valence-electron chi connectivity index (χ1n) is 7.88. The number of benzene rings is 2. The molecule has 1 aromatic heterocycles. The second kappa shape index (κ2) is 8.28. The van der Waals surface area contributed by atoms with Crippen LogP contribution in [0.15, 0.2) is 60.1 Å². The largest absolute Gasteiger partial charge is 0.359 e. The Morgan fingerprint density at radius 1 is 1.24 bits per heavy atom. The number of aromatic nitrogens is 1. The number of nitrogens with one attached hydrogen (secondary N) is 1. The van der Waals surface area contributed by atoms with E-state index in [1.165, 1.54) is 16.9 Å². The number of nitrogens with zero attached hydrogens (tertiary/aromatic N) is 2. The molecule has 0 unspecified atom stereocenters. The van der Waals surface area contributed by atoms with E-state index in [1.54, 1.807) is 6.20 Å². The molecule has 0 spiro atoms. The van der Waals surface area contributed by atoms with E-state index in [0.29, 0.717) is 5.57 Å². The van der Waals surface area contributed by atoms with E-state index < -0.39 is 0 Å². The number of aryl methyl sites for hydroxylation is 1. The lowest BCUT2D eigenvalue weighted by molar-refractivity contribution is 1.14. The number of rotatable bonds is 5. The van der Waals surface area contributed by atoms with Crippen LogP contribution in [0.25, 0.3) is 16.8 Å². The molecule has 3 aromatic rings. The second-order valence-corrected chi connectivity index (χ2v) is 7.40. The summed E-state index contributed by atoms with van der Waals surface area (Å²) in [5.41, 5.74) is 4.78. The van der Waals surface area contributed by atoms with Crippen LogP contribution in [-0.4, -0.2) is 4.98 Å². The lowest BCUT2D eigenvalue weighted by Crippen LogP contribution is -1.93. The van der Waals surface area contributed by atoms with Crippen molar-refractivity contribution in [3.63, 3.8) is 0 Å². The van der Waals surface area contributed by atoms with Crippen LogP contribution in [-0.2, 0) is 6.42 Å². The van der Waals surface area contributed by atoms with Crippen molar-refractivity contribution in [1.29, 1.82) is 5.26 Å². The van der Waals surface area contributed by atoms with Crippen LogP contribution >= 0.6 is 33.9 Å². The summed E-state index contributed by atoms with van der Waals surface area (Å²) >= 11 is 3.75. The highest BCUT2D eigenvalue weighted by Gasteiger charge is 2.09. The number of halogens is 1. The van der Waals surface area contributed by atoms with Crippen molar-refractivity contribution < 1.29 is 0 Å². The number of allylic oxidation sites excluding steroid dienone is 1. The Morgan fingerprint density at radius 2 is 2.00 bits per heavy atom. The third-order valence-electron chi connectivity index (χ3n) is 3.76. The topological polar surface area (TPSA) is 48.7 Å². The van der Waals surface area contributed by atoms with Crippen molar-refractivity contribution in [2.75, 3.05) is 5.32 Å². The van der Waals surface area contributed by atoms with Gasteiger partial charge in [-0.15, -0.1) is 11.3 Å². The molecule has 0 aliphatic rings. The van der Waals surface area contributed by atoms with Crippen molar-refractivity contribution in [1.82, 2.24) is 4.98 Å². The molecule has 0 saturated heterocycles. The minimum Gasteiger partial charge on any atom is -0.359 e. The first kappa shape index (κ1) is 17.6. The molecule has 0 aliphatic heterocycles. The zero-order chi connectivity index (χ0) is 17.6. The Hall–Kier alpha value is -2.17. The molecule has 5 heteroatoms. The lowest BCUT2D eigenvalue weighted by Gasteiger charge is -2.03. The summed E-state index contributed by atoms with van der Waals surface area (Å²) in [7, 11) is 0. The maximum atomic E-state index is 9.48. The van der Waals surface area contributed by atoms with Gasteiger partial charge in [-0.05, 0) is 46.7 Å². The lowest BCUT2D eigenvalue weighted by atomic mass is 10.1. The molecule has 0 atom stereocenters. The van der Waals surface area contributed by atoms with Gasteiger partial charge in [-0.2, -0.15) is 5.26 Å². The quantitative estimate of drug-likeness (QED) is 0.380. The average Bonchev–Trinajstić information content (AvgIpc) is 3.14. The molecule has 2 aromatic carbocycles. The van der Waals surface area contributed by atoms with Gasteiger partial charge in [0.1, 0.15) is 16.6 Å². The van der Waals surface area contributed by atoms with Gasteiger partial charge in [0.05, 0.1) is 11.4 Å². The van der Waals surface area contributed by atoms with Gasteiger partial charge >= 0.3 is 0 Å². The molecule has 3 nitrogen and oxygen atoms in total. The van der Waals surface area contributed by atoms with Crippen LogP contribution < -0.4 is 5.32 Å². The fourth-order valence-electron chi connectivity index (χ4n) is 2.31. The number of thiazole rings is 1. The predicted octanol–water partition coefficient (Wildman–Crippen LogP) is 5.95. The van der Waals surface area contributed by atoms with Crippen molar-refractivity contribution in [2.45, 2.75) is 13.3 Å². The van der Waals surface area contributed by atoms with E-state index in [1.807, 2.05) is 29.6 Å². The van der Waals surface area contributed by atoms with Gasteiger partial charge in [-0.25, -0.2) is 4.98 Å². The highest BCUT2D eigenvalue weighted by molar-refractivity contribution is 14.1. The monoisotopic (exact) mass is 457 g/mol. The fraction of sp³-hybridized carbons (Fsp3) is 0.100. The predicted molar refractivity (Wildman–Crippen MR) is 113 cm³/mol. The Kier molecular flexibility index (Phi) is 5.84. The minimum atomic E-state index is 0.529. The van der Waals surface area contributed by atoms with Gasteiger partial charge in [0.2, 0.25) is 0 Å². The summed E-state index contributed by atoms with van der Waals surface area (Å²) < 4.78 is 1.10. The maximum Gasteiger partial charge on any atom is 0.136 e. The van der Waals surface area contributed by atoms with Gasteiger partial charge in [-0.3, -0.25) is 0 Å². The molecule has 1 N–H and O–H groups in total. The molecular formula is C20H16IN3S.